The van der Waals surface area contributed by atoms with Crippen LogP contribution in [0.4, 0.5) is 13.2 Å². The summed E-state index contributed by atoms with van der Waals surface area (Å²) in [6.45, 7) is 7.16. The van der Waals surface area contributed by atoms with E-state index in [4.69, 9.17) is 0 Å². The molecule has 1 aliphatic carbocycles. The van der Waals surface area contributed by atoms with Crippen molar-refractivity contribution < 1.29 is 13.2 Å². The highest BCUT2D eigenvalue weighted by Gasteiger charge is 2.45. The highest BCUT2D eigenvalue weighted by molar-refractivity contribution is 4.87. The normalized spacial score (nSPS) is 24.9. The minimum atomic E-state index is -4.05. The van der Waals surface area contributed by atoms with E-state index < -0.39 is 12.1 Å². The van der Waals surface area contributed by atoms with Gasteiger partial charge in [-0.05, 0) is 24.7 Å². The van der Waals surface area contributed by atoms with Crippen LogP contribution in [0, 0.1) is 11.3 Å². The second kappa shape index (κ2) is 7.67. The van der Waals surface area contributed by atoms with E-state index in [1.165, 1.54) is 19.3 Å². The first-order valence-corrected chi connectivity index (χ1v) is 8.06. The van der Waals surface area contributed by atoms with E-state index in [0.29, 0.717) is 19.4 Å². The maximum absolute atomic E-state index is 13.0. The quantitative estimate of drug-likeness (QED) is 0.628. The van der Waals surface area contributed by atoms with E-state index in [1.54, 1.807) is 0 Å². The van der Waals surface area contributed by atoms with Crippen molar-refractivity contribution in [2.24, 2.45) is 11.3 Å². The third-order valence-electron chi connectivity index (χ3n) is 4.49. The Kier molecular flexibility index (Phi) is 6.83. The van der Waals surface area contributed by atoms with Gasteiger partial charge in [-0.3, -0.25) is 0 Å². The topological polar surface area (TPSA) is 12.0 Å². The Hall–Kier alpha value is -0.250. The van der Waals surface area contributed by atoms with Crippen LogP contribution in [0.25, 0.3) is 0 Å². The Bertz CT molecular complexity index is 273. The van der Waals surface area contributed by atoms with Crippen LogP contribution in [-0.4, -0.2) is 18.8 Å². The van der Waals surface area contributed by atoms with Crippen molar-refractivity contribution in [3.05, 3.63) is 0 Å². The molecule has 0 aromatic carbocycles. The highest BCUT2D eigenvalue weighted by atomic mass is 19.4. The summed E-state index contributed by atoms with van der Waals surface area (Å²) in [4.78, 5) is 0. The van der Waals surface area contributed by atoms with Gasteiger partial charge in [0.05, 0.1) is 5.92 Å². The average Bonchev–Trinajstić information content (AvgIpc) is 2.36. The summed E-state index contributed by atoms with van der Waals surface area (Å²) in [5.41, 5.74) is 0.0861. The number of hydrogen-bond acceptors (Lipinski definition) is 1. The second-order valence-electron chi connectivity index (χ2n) is 7.04. The Balaban J connectivity index is 2.45. The molecule has 0 aromatic heterocycles. The second-order valence-corrected chi connectivity index (χ2v) is 7.04. The number of rotatable bonds is 7. The van der Waals surface area contributed by atoms with Gasteiger partial charge in [0.1, 0.15) is 0 Å². The fraction of sp³-hybridized carbons (Fsp3) is 1.00. The summed E-state index contributed by atoms with van der Waals surface area (Å²) in [5.74, 6) is -1.15. The molecule has 1 nitrogen and oxygen atoms in total. The van der Waals surface area contributed by atoms with Crippen LogP contribution >= 0.6 is 0 Å². The van der Waals surface area contributed by atoms with Crippen LogP contribution in [0.3, 0.4) is 0 Å². The largest absolute Gasteiger partial charge is 0.393 e. The lowest BCUT2D eigenvalue weighted by molar-refractivity contribution is -0.189. The highest BCUT2D eigenvalue weighted by Crippen LogP contribution is 2.38. The van der Waals surface area contributed by atoms with Gasteiger partial charge in [0.2, 0.25) is 0 Å². The molecule has 2 atom stereocenters. The molecule has 20 heavy (non-hydrogen) atoms. The summed E-state index contributed by atoms with van der Waals surface area (Å²) in [5, 5.41) is 3.23. The summed E-state index contributed by atoms with van der Waals surface area (Å²) in [6.07, 6.45) is 3.16. The maximum atomic E-state index is 13.0. The predicted molar refractivity (Wildman–Crippen MR) is 77.7 cm³/mol. The minimum absolute atomic E-state index is 0.0861. The zero-order chi connectivity index (χ0) is 15.2. The monoisotopic (exact) mass is 293 g/mol. The predicted octanol–water partition coefficient (Wildman–Crippen LogP) is 5.30. The van der Waals surface area contributed by atoms with Gasteiger partial charge in [0.25, 0.3) is 0 Å². The molecule has 0 saturated heterocycles. The minimum Gasteiger partial charge on any atom is -0.313 e. The first-order valence-electron chi connectivity index (χ1n) is 8.06. The summed E-state index contributed by atoms with van der Waals surface area (Å²) in [6, 6.07) is -0.380. The molecular weight excluding hydrogens is 263 g/mol. The molecule has 1 saturated carbocycles. The van der Waals surface area contributed by atoms with Crippen molar-refractivity contribution >= 4 is 0 Å². The van der Waals surface area contributed by atoms with Crippen LogP contribution < -0.4 is 5.32 Å². The van der Waals surface area contributed by atoms with Crippen molar-refractivity contribution in [1.82, 2.24) is 5.32 Å². The molecule has 0 amide bonds. The SMILES string of the molecule is CCCCCC(C)(C)CNC1CCCCC1C(F)(F)F. The Labute approximate surface area is 121 Å². The third kappa shape index (κ3) is 6.02. The van der Waals surface area contributed by atoms with Gasteiger partial charge >= 0.3 is 6.18 Å². The zero-order valence-corrected chi connectivity index (χ0v) is 13.2. The summed E-state index contributed by atoms with van der Waals surface area (Å²) in [7, 11) is 0. The average molecular weight is 293 g/mol. The van der Waals surface area contributed by atoms with Crippen molar-refractivity contribution in [2.45, 2.75) is 84.4 Å². The lowest BCUT2D eigenvalue weighted by Crippen LogP contribution is -2.48. The Morgan fingerprint density at radius 2 is 1.70 bits per heavy atom. The number of halogens is 3. The van der Waals surface area contributed by atoms with Gasteiger partial charge in [-0.1, -0.05) is 52.9 Å². The Morgan fingerprint density at radius 3 is 2.30 bits per heavy atom. The molecule has 1 fully saturated rings. The summed E-state index contributed by atoms with van der Waals surface area (Å²) >= 11 is 0. The smallest absolute Gasteiger partial charge is 0.313 e. The van der Waals surface area contributed by atoms with E-state index in [2.05, 4.69) is 26.1 Å². The molecule has 0 bridgehead atoms. The molecule has 0 spiro atoms. The molecule has 0 aromatic rings. The lowest BCUT2D eigenvalue weighted by atomic mass is 9.82. The van der Waals surface area contributed by atoms with Crippen molar-refractivity contribution in [2.75, 3.05) is 6.54 Å². The fourth-order valence-electron chi connectivity index (χ4n) is 3.12. The molecule has 2 unspecified atom stereocenters. The molecule has 0 radical (unpaired) electrons. The van der Waals surface area contributed by atoms with Gasteiger partial charge in [-0.25, -0.2) is 0 Å². The van der Waals surface area contributed by atoms with Gasteiger partial charge in [0.15, 0.2) is 0 Å². The number of hydrogen-bond donors (Lipinski definition) is 1. The van der Waals surface area contributed by atoms with Crippen molar-refractivity contribution in [1.29, 1.82) is 0 Å². The molecule has 0 heterocycles. The third-order valence-corrected chi connectivity index (χ3v) is 4.49. The van der Waals surface area contributed by atoms with Crippen LogP contribution in [-0.2, 0) is 0 Å². The van der Waals surface area contributed by atoms with E-state index >= 15 is 0 Å². The Morgan fingerprint density at radius 1 is 1.05 bits per heavy atom. The first-order chi connectivity index (χ1) is 9.26. The lowest BCUT2D eigenvalue weighted by Gasteiger charge is -2.36. The molecular formula is C16H30F3N. The van der Waals surface area contributed by atoms with Crippen molar-refractivity contribution in [3.8, 4) is 0 Å². The van der Waals surface area contributed by atoms with Crippen LogP contribution in [0.15, 0.2) is 0 Å². The van der Waals surface area contributed by atoms with Gasteiger partial charge in [0, 0.05) is 12.6 Å². The van der Waals surface area contributed by atoms with Crippen LogP contribution in [0.2, 0.25) is 0 Å². The van der Waals surface area contributed by atoms with E-state index in [0.717, 1.165) is 12.8 Å². The van der Waals surface area contributed by atoms with E-state index in [1.807, 2.05) is 0 Å². The maximum Gasteiger partial charge on any atom is 0.393 e. The number of nitrogens with one attached hydrogen (secondary N) is 1. The summed E-state index contributed by atoms with van der Waals surface area (Å²) < 4.78 is 39.1. The number of unbranched alkanes of at least 4 members (excludes halogenated alkanes) is 2. The van der Waals surface area contributed by atoms with Gasteiger partial charge < -0.3 is 5.32 Å². The van der Waals surface area contributed by atoms with Crippen LogP contribution in [0.1, 0.15) is 72.1 Å². The molecule has 120 valence electrons. The molecule has 0 aliphatic heterocycles. The molecule has 1 rings (SSSR count). The molecule has 1 N–H and O–H groups in total. The molecule has 1 aliphatic rings. The van der Waals surface area contributed by atoms with Gasteiger partial charge in [-0.15, -0.1) is 0 Å². The van der Waals surface area contributed by atoms with Crippen molar-refractivity contribution in [3.63, 3.8) is 0 Å². The number of alkyl halides is 3. The van der Waals surface area contributed by atoms with E-state index in [-0.39, 0.29) is 17.9 Å². The standard InChI is InChI=1S/C16H30F3N/c1-4-5-8-11-15(2,3)12-20-14-10-7-6-9-13(14)16(17,18)19/h13-14,20H,4-12H2,1-3H3. The van der Waals surface area contributed by atoms with E-state index in [9.17, 15) is 13.2 Å². The zero-order valence-electron chi connectivity index (χ0n) is 13.2. The molecule has 4 heteroatoms. The fourth-order valence-corrected chi connectivity index (χ4v) is 3.12. The van der Waals surface area contributed by atoms with Gasteiger partial charge in [-0.2, -0.15) is 13.2 Å². The first kappa shape index (κ1) is 17.8. The van der Waals surface area contributed by atoms with Crippen LogP contribution in [0.5, 0.6) is 0 Å².